The van der Waals surface area contributed by atoms with Crippen molar-refractivity contribution in [1.29, 1.82) is 0 Å². The van der Waals surface area contributed by atoms with E-state index < -0.39 is 14.4 Å². The molecule has 0 radical (unpaired) electrons. The molecule has 6 nitrogen and oxygen atoms in total. The van der Waals surface area contributed by atoms with Crippen molar-refractivity contribution in [2.75, 3.05) is 20.8 Å². The van der Waals surface area contributed by atoms with Crippen LogP contribution in [0, 0.1) is 0 Å². The van der Waals surface area contributed by atoms with E-state index in [1.165, 1.54) is 0 Å². The Morgan fingerprint density at radius 2 is 1.65 bits per heavy atom. The minimum Gasteiger partial charge on any atom is -0.544 e. The molecule has 0 fully saturated rings. The van der Waals surface area contributed by atoms with E-state index in [2.05, 4.69) is 39.2 Å². The Kier molecular flexibility index (Phi) is 8.14. The monoisotopic (exact) mass is 445 g/mol. The third-order valence-electron chi connectivity index (χ3n) is 5.75. The fourth-order valence-corrected chi connectivity index (χ4v) is 3.80. The van der Waals surface area contributed by atoms with Crippen LogP contribution in [-0.4, -0.2) is 40.1 Å². The molecule has 2 rings (SSSR count). The van der Waals surface area contributed by atoms with Crippen molar-refractivity contribution in [3.8, 4) is 17.2 Å². The number of aliphatic hydroxyl groups excluding tert-OH is 1. The van der Waals surface area contributed by atoms with Gasteiger partial charge in [0.05, 0.1) is 26.7 Å². The van der Waals surface area contributed by atoms with Crippen molar-refractivity contribution in [3.63, 3.8) is 0 Å². The highest BCUT2D eigenvalue weighted by atomic mass is 28.4. The number of hydrogen-bond donors (Lipinski definition) is 2. The fourth-order valence-electron chi connectivity index (χ4n) is 2.77. The van der Waals surface area contributed by atoms with Gasteiger partial charge in [-0.2, -0.15) is 0 Å². The molecular weight excluding hydrogens is 410 g/mol. The van der Waals surface area contributed by atoms with Crippen LogP contribution in [0.15, 0.2) is 42.5 Å². The number of rotatable bonds is 9. The van der Waals surface area contributed by atoms with Crippen molar-refractivity contribution >= 4 is 14.2 Å². The molecular formula is C24H35NO5Si. The molecule has 2 N–H and O–H groups in total. The Bertz CT molecular complexity index is 875. The summed E-state index contributed by atoms with van der Waals surface area (Å²) in [5.41, 5.74) is 1.53. The number of hydrogen-bond acceptors (Lipinski definition) is 5. The SMILES string of the molecule is COc1ccc(CC(=O)NC[C@H](O)c2ccc(O[Si](C)(C)C(C)(C)C)cc2)cc1OC. The summed E-state index contributed by atoms with van der Waals surface area (Å²) in [6.45, 7) is 11.1. The van der Waals surface area contributed by atoms with Crippen LogP contribution in [0.5, 0.6) is 17.2 Å². The van der Waals surface area contributed by atoms with E-state index in [1.807, 2.05) is 30.3 Å². The minimum absolute atomic E-state index is 0.114. The largest absolute Gasteiger partial charge is 0.544 e. The summed E-state index contributed by atoms with van der Waals surface area (Å²) >= 11 is 0. The molecule has 0 aromatic heterocycles. The van der Waals surface area contributed by atoms with E-state index >= 15 is 0 Å². The summed E-state index contributed by atoms with van der Waals surface area (Å²) in [6.07, 6.45) is -0.608. The lowest BCUT2D eigenvalue weighted by Gasteiger charge is -2.36. The van der Waals surface area contributed by atoms with E-state index in [0.29, 0.717) is 11.5 Å². The highest BCUT2D eigenvalue weighted by Crippen LogP contribution is 2.37. The van der Waals surface area contributed by atoms with Crippen LogP contribution in [0.25, 0.3) is 0 Å². The Balaban J connectivity index is 1.91. The van der Waals surface area contributed by atoms with Crippen molar-refractivity contribution in [1.82, 2.24) is 5.32 Å². The number of amides is 1. The number of methoxy groups -OCH3 is 2. The van der Waals surface area contributed by atoms with E-state index in [9.17, 15) is 9.90 Å². The predicted octanol–water partition coefficient (Wildman–Crippen LogP) is 4.48. The molecule has 2 aromatic rings. The maximum Gasteiger partial charge on any atom is 0.250 e. The molecule has 0 spiro atoms. The quantitative estimate of drug-likeness (QED) is 0.557. The molecule has 0 aliphatic heterocycles. The van der Waals surface area contributed by atoms with Gasteiger partial charge in [-0.3, -0.25) is 4.79 Å². The molecule has 0 aliphatic rings. The average Bonchev–Trinajstić information content (AvgIpc) is 2.71. The Hall–Kier alpha value is -2.51. The smallest absolute Gasteiger partial charge is 0.250 e. The zero-order valence-electron chi connectivity index (χ0n) is 19.6. The maximum absolute atomic E-state index is 12.3. The first-order valence-corrected chi connectivity index (χ1v) is 13.3. The summed E-state index contributed by atoms with van der Waals surface area (Å²) < 4.78 is 16.7. The van der Waals surface area contributed by atoms with E-state index in [1.54, 1.807) is 26.4 Å². The van der Waals surface area contributed by atoms with Gasteiger partial charge in [0, 0.05) is 6.54 Å². The summed E-state index contributed by atoms with van der Waals surface area (Å²) in [7, 11) is 1.22. The van der Waals surface area contributed by atoms with Crippen LogP contribution in [0.4, 0.5) is 0 Å². The van der Waals surface area contributed by atoms with Crippen LogP contribution in [0.3, 0.4) is 0 Å². The molecule has 1 atom stereocenters. The van der Waals surface area contributed by atoms with Crippen LogP contribution < -0.4 is 19.2 Å². The molecule has 0 heterocycles. The van der Waals surface area contributed by atoms with Gasteiger partial charge in [-0.05, 0) is 53.5 Å². The molecule has 0 unspecified atom stereocenters. The van der Waals surface area contributed by atoms with Crippen molar-refractivity contribution in [2.45, 2.75) is 51.4 Å². The van der Waals surface area contributed by atoms with E-state index in [0.717, 1.165) is 16.9 Å². The van der Waals surface area contributed by atoms with Crippen molar-refractivity contribution in [2.24, 2.45) is 0 Å². The van der Waals surface area contributed by atoms with Crippen LogP contribution >= 0.6 is 0 Å². The topological polar surface area (TPSA) is 77.0 Å². The number of carbonyl (C=O) groups is 1. The summed E-state index contributed by atoms with van der Waals surface area (Å²) in [4.78, 5) is 12.3. The predicted molar refractivity (Wildman–Crippen MR) is 125 cm³/mol. The number of aliphatic hydroxyl groups is 1. The van der Waals surface area contributed by atoms with Gasteiger partial charge < -0.3 is 24.3 Å². The lowest BCUT2D eigenvalue weighted by atomic mass is 10.1. The van der Waals surface area contributed by atoms with Gasteiger partial charge in [-0.15, -0.1) is 0 Å². The van der Waals surface area contributed by atoms with Crippen molar-refractivity contribution < 1.29 is 23.8 Å². The van der Waals surface area contributed by atoms with Crippen molar-refractivity contribution in [3.05, 3.63) is 53.6 Å². The standard InChI is InChI=1S/C24H35NO5Si/c1-24(2,3)31(6,7)30-19-11-9-18(10-12-19)20(26)16-25-23(27)15-17-8-13-21(28-4)22(14-17)29-5/h8-14,20,26H,15-16H2,1-7H3,(H,25,27)/t20-/m0/s1. The maximum atomic E-state index is 12.3. The molecule has 0 saturated carbocycles. The van der Waals surface area contributed by atoms with Crippen LogP contribution in [0.1, 0.15) is 38.0 Å². The third kappa shape index (κ3) is 6.74. The van der Waals surface area contributed by atoms with E-state index in [-0.39, 0.29) is 23.9 Å². The normalized spacial score (nSPS) is 12.8. The number of benzene rings is 2. The van der Waals surface area contributed by atoms with Gasteiger partial charge in [-0.1, -0.05) is 39.0 Å². The van der Waals surface area contributed by atoms with E-state index in [4.69, 9.17) is 13.9 Å². The zero-order chi connectivity index (χ0) is 23.2. The number of nitrogens with one attached hydrogen (secondary N) is 1. The Morgan fingerprint density at radius 3 is 2.19 bits per heavy atom. The molecule has 170 valence electrons. The van der Waals surface area contributed by atoms with Gasteiger partial charge >= 0.3 is 0 Å². The summed E-state index contributed by atoms with van der Waals surface area (Å²) in [5, 5.41) is 13.4. The molecule has 0 aliphatic carbocycles. The average molecular weight is 446 g/mol. The summed E-state index contributed by atoms with van der Waals surface area (Å²) in [6, 6.07) is 12.8. The van der Waals surface area contributed by atoms with Gasteiger partial charge in [0.25, 0.3) is 0 Å². The molecule has 2 aromatic carbocycles. The molecule has 7 heteroatoms. The third-order valence-corrected chi connectivity index (χ3v) is 10.1. The fraction of sp³-hybridized carbons (Fsp3) is 0.458. The van der Waals surface area contributed by atoms with Gasteiger partial charge in [0.2, 0.25) is 14.2 Å². The van der Waals surface area contributed by atoms with Crippen LogP contribution in [0.2, 0.25) is 18.1 Å². The second-order valence-corrected chi connectivity index (χ2v) is 13.8. The highest BCUT2D eigenvalue weighted by molar-refractivity contribution is 6.74. The lowest BCUT2D eigenvalue weighted by molar-refractivity contribution is -0.120. The van der Waals surface area contributed by atoms with Crippen LogP contribution in [-0.2, 0) is 11.2 Å². The lowest BCUT2D eigenvalue weighted by Crippen LogP contribution is -2.43. The Morgan fingerprint density at radius 1 is 1.03 bits per heavy atom. The molecule has 0 saturated heterocycles. The first kappa shape index (κ1) is 24.8. The van der Waals surface area contributed by atoms with Gasteiger partial charge in [-0.25, -0.2) is 0 Å². The second-order valence-electron chi connectivity index (χ2n) is 9.12. The molecule has 31 heavy (non-hydrogen) atoms. The van der Waals surface area contributed by atoms with Gasteiger partial charge in [0.15, 0.2) is 11.5 Å². The second kappa shape index (κ2) is 10.2. The molecule has 1 amide bonds. The Labute approximate surface area is 186 Å². The minimum atomic E-state index is -1.91. The summed E-state index contributed by atoms with van der Waals surface area (Å²) in [5.74, 6) is 1.82. The zero-order valence-corrected chi connectivity index (χ0v) is 20.6. The van der Waals surface area contributed by atoms with Gasteiger partial charge in [0.1, 0.15) is 5.75 Å². The number of carbonyl (C=O) groups excluding carboxylic acids is 1. The number of ether oxygens (including phenoxy) is 2. The first-order chi connectivity index (χ1) is 14.5. The molecule has 0 bridgehead atoms. The first-order valence-electron chi connectivity index (χ1n) is 10.4. The highest BCUT2D eigenvalue weighted by Gasteiger charge is 2.38.